The van der Waals surface area contributed by atoms with Crippen molar-refractivity contribution in [3.8, 4) is 17.1 Å². The maximum Gasteiger partial charge on any atom is 0.420 e. The van der Waals surface area contributed by atoms with E-state index in [2.05, 4.69) is 10.3 Å². The van der Waals surface area contributed by atoms with E-state index in [1.807, 2.05) is 37.3 Å². The number of carbonyl (C=O) groups is 3. The predicted octanol–water partition coefficient (Wildman–Crippen LogP) is 6.23. The lowest BCUT2D eigenvalue weighted by atomic mass is 10.1. The average molecular weight is 583 g/mol. The Kier molecular flexibility index (Phi) is 10.7. The number of amides is 1. The van der Waals surface area contributed by atoms with Crippen molar-refractivity contribution in [3.05, 3.63) is 42.4 Å². The Hall–Kier alpha value is -3.99. The van der Waals surface area contributed by atoms with Crippen molar-refractivity contribution in [1.82, 2.24) is 19.9 Å². The average Bonchev–Trinajstić information content (AvgIpc) is 3.35. The first-order chi connectivity index (χ1) is 19.7. The molecule has 228 valence electrons. The standard InChI is InChI=1S/C31H42N4O7/c1-9-21(36)14-12-16-40-19-25(34-28(37)41-30(2,3)4)26-32-24(18-35(26)29(38)42-31(5,6)7)22-17-20-13-10-11-15-23(20)33-27(22)39-8/h10-11,13,15,17-18,25H,9,12,14,16,19H2,1-8H3,(H,34,37). The van der Waals surface area contributed by atoms with Gasteiger partial charge in [0.05, 0.1) is 30.5 Å². The SMILES string of the molecule is CCC(=O)CCCOCC(NC(=O)OC(C)(C)C)c1nc(-c2cc3ccccc3nc2OC)cn1C(=O)OC(C)(C)C. The van der Waals surface area contributed by atoms with E-state index in [-0.39, 0.29) is 24.8 Å². The molecule has 11 nitrogen and oxygen atoms in total. The summed E-state index contributed by atoms with van der Waals surface area (Å²) < 4.78 is 23.9. The molecule has 2 heterocycles. The van der Waals surface area contributed by atoms with E-state index in [1.165, 1.54) is 17.9 Å². The van der Waals surface area contributed by atoms with E-state index < -0.39 is 29.4 Å². The first-order valence-electron chi connectivity index (χ1n) is 14.1. The van der Waals surface area contributed by atoms with Crippen LogP contribution >= 0.6 is 0 Å². The smallest absolute Gasteiger partial charge is 0.420 e. The molecule has 0 spiro atoms. The second-order valence-corrected chi connectivity index (χ2v) is 11.8. The van der Waals surface area contributed by atoms with Gasteiger partial charge in [0.25, 0.3) is 0 Å². The van der Waals surface area contributed by atoms with Crippen LogP contribution in [0.3, 0.4) is 0 Å². The number of fused-ring (bicyclic) bond motifs is 1. The van der Waals surface area contributed by atoms with Crippen molar-refractivity contribution in [1.29, 1.82) is 0 Å². The van der Waals surface area contributed by atoms with Crippen LogP contribution < -0.4 is 10.1 Å². The number of Topliss-reactive ketones (excluding diaryl/α,β-unsaturated/α-hetero) is 1. The van der Waals surface area contributed by atoms with Crippen LogP contribution in [0.4, 0.5) is 9.59 Å². The first kappa shape index (κ1) is 32.5. The number of benzene rings is 1. The molecule has 0 saturated heterocycles. The summed E-state index contributed by atoms with van der Waals surface area (Å²) in [5.74, 6) is 0.637. The number of methoxy groups -OCH3 is 1. The number of nitrogens with zero attached hydrogens (tertiary/aromatic N) is 3. The highest BCUT2D eigenvalue weighted by Gasteiger charge is 2.30. The number of imidazole rings is 1. The highest BCUT2D eigenvalue weighted by Crippen LogP contribution is 2.32. The third-order valence-electron chi connectivity index (χ3n) is 5.91. The van der Waals surface area contributed by atoms with Crippen molar-refractivity contribution < 1.29 is 33.3 Å². The molecule has 0 radical (unpaired) electrons. The van der Waals surface area contributed by atoms with Crippen LogP contribution in [0.2, 0.25) is 0 Å². The van der Waals surface area contributed by atoms with E-state index in [1.54, 1.807) is 41.5 Å². The minimum Gasteiger partial charge on any atom is -0.480 e. The Morgan fingerprint density at radius 2 is 1.69 bits per heavy atom. The molecule has 0 fully saturated rings. The molecule has 3 rings (SSSR count). The number of hydrogen-bond acceptors (Lipinski definition) is 9. The van der Waals surface area contributed by atoms with Gasteiger partial charge in [-0.05, 0) is 60.1 Å². The van der Waals surface area contributed by atoms with Crippen LogP contribution in [-0.2, 0) is 19.0 Å². The second kappa shape index (κ2) is 13.8. The maximum absolute atomic E-state index is 13.4. The molecule has 1 N–H and O–H groups in total. The molecule has 3 aromatic rings. The van der Waals surface area contributed by atoms with Crippen LogP contribution in [-0.4, -0.2) is 64.0 Å². The normalized spacial score (nSPS) is 12.6. The van der Waals surface area contributed by atoms with Gasteiger partial charge in [-0.15, -0.1) is 0 Å². The summed E-state index contributed by atoms with van der Waals surface area (Å²) in [5, 5.41) is 3.65. The van der Waals surface area contributed by atoms with Gasteiger partial charge in [-0.25, -0.2) is 24.1 Å². The van der Waals surface area contributed by atoms with Gasteiger partial charge < -0.3 is 24.3 Å². The molecule has 0 bridgehead atoms. The molecule has 0 saturated carbocycles. The highest BCUT2D eigenvalue weighted by atomic mass is 16.6. The lowest BCUT2D eigenvalue weighted by Crippen LogP contribution is -2.39. The predicted molar refractivity (Wildman–Crippen MR) is 159 cm³/mol. The molecular weight excluding hydrogens is 540 g/mol. The van der Waals surface area contributed by atoms with Gasteiger partial charge in [0.2, 0.25) is 5.88 Å². The lowest BCUT2D eigenvalue weighted by Gasteiger charge is -2.24. The topological polar surface area (TPSA) is 131 Å². The fraction of sp³-hybridized carbons (Fsp3) is 0.516. The molecule has 42 heavy (non-hydrogen) atoms. The van der Waals surface area contributed by atoms with Gasteiger partial charge in [-0.2, -0.15) is 0 Å². The third-order valence-corrected chi connectivity index (χ3v) is 5.91. The Bertz CT molecular complexity index is 1400. The summed E-state index contributed by atoms with van der Waals surface area (Å²) in [6.45, 7) is 12.6. The molecule has 0 aliphatic rings. The Morgan fingerprint density at radius 1 is 1.00 bits per heavy atom. The van der Waals surface area contributed by atoms with Crippen LogP contribution in [0.25, 0.3) is 22.2 Å². The van der Waals surface area contributed by atoms with Gasteiger partial charge >= 0.3 is 12.2 Å². The zero-order chi connectivity index (χ0) is 31.1. The summed E-state index contributed by atoms with van der Waals surface area (Å²) in [7, 11) is 1.51. The quantitative estimate of drug-likeness (QED) is 0.261. The molecular formula is C31H42N4O7. The van der Waals surface area contributed by atoms with Gasteiger partial charge in [0.15, 0.2) is 0 Å². The number of alkyl carbamates (subject to hydrolysis) is 1. The van der Waals surface area contributed by atoms with E-state index in [4.69, 9.17) is 23.9 Å². The third kappa shape index (κ3) is 9.27. The van der Waals surface area contributed by atoms with Crippen molar-refractivity contribution in [2.75, 3.05) is 20.3 Å². The van der Waals surface area contributed by atoms with Gasteiger partial charge in [0.1, 0.15) is 28.9 Å². The number of pyridine rings is 1. The lowest BCUT2D eigenvalue weighted by molar-refractivity contribution is -0.119. The van der Waals surface area contributed by atoms with Crippen molar-refractivity contribution in [2.24, 2.45) is 0 Å². The highest BCUT2D eigenvalue weighted by molar-refractivity contribution is 5.86. The fourth-order valence-electron chi connectivity index (χ4n) is 4.04. The molecule has 1 amide bonds. The number of nitrogens with one attached hydrogen (secondary N) is 1. The zero-order valence-electron chi connectivity index (χ0n) is 25.8. The molecule has 1 atom stereocenters. The van der Waals surface area contributed by atoms with Gasteiger partial charge in [0, 0.05) is 31.0 Å². The van der Waals surface area contributed by atoms with E-state index >= 15 is 0 Å². The Balaban J connectivity index is 2.06. The number of aromatic nitrogens is 3. The minimum atomic E-state index is -0.901. The van der Waals surface area contributed by atoms with Gasteiger partial charge in [-0.1, -0.05) is 25.1 Å². The molecule has 11 heteroatoms. The Morgan fingerprint density at radius 3 is 2.33 bits per heavy atom. The van der Waals surface area contributed by atoms with Crippen molar-refractivity contribution in [3.63, 3.8) is 0 Å². The number of ether oxygens (including phenoxy) is 4. The summed E-state index contributed by atoms with van der Waals surface area (Å²) in [5.41, 5.74) is 0.123. The number of para-hydroxylation sites is 1. The van der Waals surface area contributed by atoms with E-state index in [0.29, 0.717) is 36.4 Å². The molecule has 0 aliphatic carbocycles. The summed E-state index contributed by atoms with van der Waals surface area (Å²) in [6, 6.07) is 8.55. The molecule has 0 aliphatic heterocycles. The first-order valence-corrected chi connectivity index (χ1v) is 14.1. The minimum absolute atomic E-state index is 0.0358. The summed E-state index contributed by atoms with van der Waals surface area (Å²) in [6.07, 6.45) is 1.52. The molecule has 1 unspecified atom stereocenters. The summed E-state index contributed by atoms with van der Waals surface area (Å²) in [4.78, 5) is 47.4. The largest absolute Gasteiger partial charge is 0.480 e. The van der Waals surface area contributed by atoms with Crippen molar-refractivity contribution >= 4 is 28.9 Å². The number of rotatable bonds is 11. The monoisotopic (exact) mass is 582 g/mol. The molecule has 2 aromatic heterocycles. The van der Waals surface area contributed by atoms with E-state index in [9.17, 15) is 14.4 Å². The second-order valence-electron chi connectivity index (χ2n) is 11.8. The van der Waals surface area contributed by atoms with Crippen LogP contribution in [0.5, 0.6) is 5.88 Å². The fourth-order valence-corrected chi connectivity index (χ4v) is 4.04. The molecule has 1 aromatic carbocycles. The van der Waals surface area contributed by atoms with Gasteiger partial charge in [-0.3, -0.25) is 4.79 Å². The Labute approximate surface area is 246 Å². The summed E-state index contributed by atoms with van der Waals surface area (Å²) >= 11 is 0. The number of carbonyl (C=O) groups excluding carboxylic acids is 3. The number of ketones is 1. The van der Waals surface area contributed by atoms with Crippen LogP contribution in [0, 0.1) is 0 Å². The number of hydrogen-bond donors (Lipinski definition) is 1. The van der Waals surface area contributed by atoms with E-state index in [0.717, 1.165) is 10.9 Å². The van der Waals surface area contributed by atoms with Crippen LogP contribution in [0.15, 0.2) is 36.5 Å². The zero-order valence-corrected chi connectivity index (χ0v) is 25.8. The van der Waals surface area contributed by atoms with Crippen LogP contribution in [0.1, 0.15) is 79.6 Å². The van der Waals surface area contributed by atoms with Crippen molar-refractivity contribution in [2.45, 2.75) is 85.0 Å². The maximum atomic E-state index is 13.4.